The Morgan fingerprint density at radius 1 is 0.686 bits per heavy atom. The third-order valence-corrected chi connectivity index (χ3v) is 6.94. The maximum Gasteiger partial charge on any atom is 0.246 e. The highest BCUT2D eigenvalue weighted by molar-refractivity contribution is 8.14. The number of ether oxygens (including phenoxy) is 5. The fourth-order valence-electron chi connectivity index (χ4n) is 4.28. The number of hydrogen-bond donors (Lipinski definition) is 1. The lowest BCUT2D eigenvalue weighted by molar-refractivity contribution is -0.236. The molecule has 2 aliphatic heterocycles. The summed E-state index contributed by atoms with van der Waals surface area (Å²) in [6.45, 7) is 1.65. The zero-order valence-electron chi connectivity index (χ0n) is 19.3. The molecule has 5 atom stereocenters. The molecule has 0 spiro atoms. The van der Waals surface area contributed by atoms with Crippen molar-refractivity contribution in [2.75, 3.05) is 6.61 Å². The summed E-state index contributed by atoms with van der Waals surface area (Å²) in [5.74, 6) is 0. The number of hydrogen-bond acceptors (Lipinski definition) is 7. The van der Waals surface area contributed by atoms with E-state index in [4.69, 9.17) is 29.1 Å². The van der Waals surface area contributed by atoms with Crippen LogP contribution in [0.4, 0.5) is 0 Å². The molecular formula is C28H29NO5S. The van der Waals surface area contributed by atoms with E-state index < -0.39 is 18.3 Å². The molecule has 0 bridgehead atoms. The lowest BCUT2D eigenvalue weighted by Crippen LogP contribution is -2.58. The Bertz CT molecular complexity index is 1070. The molecule has 2 fully saturated rings. The van der Waals surface area contributed by atoms with Crippen LogP contribution in [-0.2, 0) is 43.5 Å². The molecule has 2 aliphatic rings. The topological polar surface area (TPSA) is 70.0 Å². The number of thioether (sulfide) groups is 1. The van der Waals surface area contributed by atoms with Gasteiger partial charge in [-0.05, 0) is 28.5 Å². The molecule has 0 aromatic heterocycles. The minimum absolute atomic E-state index is 0.140. The predicted octanol–water partition coefficient (Wildman–Crippen LogP) is 5.17. The van der Waals surface area contributed by atoms with Crippen molar-refractivity contribution < 1.29 is 23.7 Å². The summed E-state index contributed by atoms with van der Waals surface area (Å²) in [6.07, 6.45) is -1.64. The molecule has 6 nitrogen and oxygen atoms in total. The first-order valence-corrected chi connectivity index (χ1v) is 12.6. The smallest absolute Gasteiger partial charge is 0.246 e. The largest absolute Gasteiger partial charge is 0.463 e. The maximum absolute atomic E-state index is 8.08. The fourth-order valence-corrected chi connectivity index (χ4v) is 5.20. The van der Waals surface area contributed by atoms with Gasteiger partial charge in [-0.1, -0.05) is 91.0 Å². The van der Waals surface area contributed by atoms with Crippen LogP contribution in [0.15, 0.2) is 91.0 Å². The fraction of sp³-hybridized carbons (Fsp3) is 0.321. The Morgan fingerprint density at radius 2 is 1.20 bits per heavy atom. The molecule has 0 aliphatic carbocycles. The van der Waals surface area contributed by atoms with E-state index in [1.165, 1.54) is 11.8 Å². The molecule has 0 amide bonds. The first-order valence-electron chi connectivity index (χ1n) is 11.8. The lowest BCUT2D eigenvalue weighted by Gasteiger charge is -2.42. The second kappa shape index (κ2) is 11.8. The molecule has 2 heterocycles. The van der Waals surface area contributed by atoms with Crippen molar-refractivity contribution in [2.45, 2.75) is 49.7 Å². The first-order chi connectivity index (χ1) is 17.3. The lowest BCUT2D eigenvalue weighted by atomic mass is 9.99. The Labute approximate surface area is 210 Å². The zero-order valence-corrected chi connectivity index (χ0v) is 20.1. The van der Waals surface area contributed by atoms with Gasteiger partial charge in [0.15, 0.2) is 11.5 Å². The van der Waals surface area contributed by atoms with E-state index in [1.54, 1.807) is 0 Å². The molecule has 5 rings (SSSR count). The van der Waals surface area contributed by atoms with Crippen LogP contribution in [-0.4, -0.2) is 41.7 Å². The van der Waals surface area contributed by atoms with Crippen molar-refractivity contribution in [1.82, 2.24) is 0 Å². The van der Waals surface area contributed by atoms with Crippen LogP contribution < -0.4 is 0 Å². The van der Waals surface area contributed by atoms with Gasteiger partial charge in [-0.25, -0.2) is 0 Å². The first kappa shape index (κ1) is 24.0. The van der Waals surface area contributed by atoms with Gasteiger partial charge in [-0.2, -0.15) is 0 Å². The van der Waals surface area contributed by atoms with E-state index in [1.807, 2.05) is 91.0 Å². The quantitative estimate of drug-likeness (QED) is 0.422. The normalized spacial score (nSPS) is 25.7. The minimum atomic E-state index is -0.428. The summed E-state index contributed by atoms with van der Waals surface area (Å²) in [5, 5.41) is 8.22. The van der Waals surface area contributed by atoms with Gasteiger partial charge in [-0.15, -0.1) is 0 Å². The standard InChI is InChI=1S/C28H29NO5S/c29-28-34-26-25(32-18-22-14-8-3-9-15-22)24(31-17-21-12-6-2-7-13-21)23(33-27(26)35-28)19-30-16-20-10-4-1-5-11-20/h1-15,23-27,29H,16-19H2/t23-,24+,25+,26-,27-/m1/s1. The monoisotopic (exact) mass is 491 g/mol. The van der Waals surface area contributed by atoms with Gasteiger partial charge < -0.3 is 23.7 Å². The van der Waals surface area contributed by atoms with Gasteiger partial charge in [0.25, 0.3) is 0 Å². The summed E-state index contributed by atoms with van der Waals surface area (Å²) in [7, 11) is 0. The molecule has 0 radical (unpaired) electrons. The van der Waals surface area contributed by atoms with Crippen LogP contribution in [0.2, 0.25) is 0 Å². The summed E-state index contributed by atoms with van der Waals surface area (Å²) >= 11 is 1.27. The van der Waals surface area contributed by atoms with E-state index >= 15 is 0 Å². The Kier molecular flexibility index (Phi) is 8.13. The summed E-state index contributed by atoms with van der Waals surface area (Å²) in [4.78, 5) is 0. The van der Waals surface area contributed by atoms with E-state index in [9.17, 15) is 0 Å². The van der Waals surface area contributed by atoms with Crippen LogP contribution >= 0.6 is 11.8 Å². The molecule has 2 saturated heterocycles. The molecule has 3 aromatic rings. The summed E-state index contributed by atoms with van der Waals surface area (Å²) in [5.41, 5.74) is 2.88. The summed E-state index contributed by atoms with van der Waals surface area (Å²) in [6, 6.07) is 30.1. The molecule has 1 N–H and O–H groups in total. The van der Waals surface area contributed by atoms with Gasteiger partial charge in [0.05, 0.1) is 26.4 Å². The van der Waals surface area contributed by atoms with E-state index in [2.05, 4.69) is 0 Å². The van der Waals surface area contributed by atoms with Crippen molar-refractivity contribution in [3.63, 3.8) is 0 Å². The molecular weight excluding hydrogens is 462 g/mol. The predicted molar refractivity (Wildman–Crippen MR) is 135 cm³/mol. The van der Waals surface area contributed by atoms with Gasteiger partial charge in [-0.3, -0.25) is 5.41 Å². The Balaban J connectivity index is 1.33. The number of benzene rings is 3. The number of rotatable bonds is 10. The van der Waals surface area contributed by atoms with E-state index in [0.717, 1.165) is 16.7 Å². The Hall–Kier alpha value is -2.68. The third kappa shape index (κ3) is 6.31. The van der Waals surface area contributed by atoms with Crippen molar-refractivity contribution in [3.8, 4) is 0 Å². The molecule has 35 heavy (non-hydrogen) atoms. The van der Waals surface area contributed by atoms with Gasteiger partial charge in [0, 0.05) is 0 Å². The van der Waals surface area contributed by atoms with Crippen molar-refractivity contribution in [3.05, 3.63) is 108 Å². The van der Waals surface area contributed by atoms with Gasteiger partial charge in [0.1, 0.15) is 18.3 Å². The van der Waals surface area contributed by atoms with Gasteiger partial charge in [0.2, 0.25) is 5.23 Å². The third-order valence-electron chi connectivity index (χ3n) is 6.02. The van der Waals surface area contributed by atoms with Crippen LogP contribution in [0.1, 0.15) is 16.7 Å². The second-order valence-electron chi connectivity index (χ2n) is 8.55. The Morgan fingerprint density at radius 3 is 1.77 bits per heavy atom. The molecule has 0 saturated carbocycles. The highest BCUT2D eigenvalue weighted by atomic mass is 32.2. The SMILES string of the molecule is N=C1O[C@@H]2[C@@H](OCc3ccccc3)[C@@H](OCc3ccccc3)[C@@H](COCc3ccccc3)O[C@@H]2S1. The molecule has 3 aromatic carbocycles. The molecule has 0 unspecified atom stereocenters. The minimum Gasteiger partial charge on any atom is -0.463 e. The van der Waals surface area contributed by atoms with E-state index in [-0.39, 0.29) is 16.8 Å². The average Bonchev–Trinajstić information content (AvgIpc) is 3.28. The van der Waals surface area contributed by atoms with Crippen LogP contribution in [0, 0.1) is 5.41 Å². The van der Waals surface area contributed by atoms with Crippen molar-refractivity contribution >= 4 is 17.0 Å². The zero-order chi connectivity index (χ0) is 23.9. The van der Waals surface area contributed by atoms with Crippen molar-refractivity contribution in [2.24, 2.45) is 0 Å². The van der Waals surface area contributed by atoms with Crippen LogP contribution in [0.25, 0.3) is 0 Å². The van der Waals surface area contributed by atoms with E-state index in [0.29, 0.717) is 26.4 Å². The number of nitrogens with one attached hydrogen (secondary N) is 1. The van der Waals surface area contributed by atoms with Crippen LogP contribution in [0.3, 0.4) is 0 Å². The highest BCUT2D eigenvalue weighted by Gasteiger charge is 2.53. The van der Waals surface area contributed by atoms with Crippen molar-refractivity contribution in [1.29, 1.82) is 5.41 Å². The average molecular weight is 492 g/mol. The van der Waals surface area contributed by atoms with Crippen LogP contribution in [0.5, 0.6) is 0 Å². The van der Waals surface area contributed by atoms with Gasteiger partial charge >= 0.3 is 0 Å². The second-order valence-corrected chi connectivity index (χ2v) is 9.62. The summed E-state index contributed by atoms with van der Waals surface area (Å²) < 4.78 is 31.1. The number of fused-ring (bicyclic) bond motifs is 1. The molecule has 182 valence electrons. The maximum atomic E-state index is 8.08. The highest BCUT2D eigenvalue weighted by Crippen LogP contribution is 2.40. The molecule has 7 heteroatoms.